The number of anilines is 1. The van der Waals surface area contributed by atoms with Crippen LogP contribution in [0.3, 0.4) is 0 Å². The molecule has 1 aromatic rings. The van der Waals surface area contributed by atoms with Crippen LogP contribution in [-0.4, -0.2) is 36.4 Å². The fraction of sp³-hybridized carbons (Fsp3) is 0.667. The van der Waals surface area contributed by atoms with Crippen LogP contribution in [0.25, 0.3) is 0 Å². The second-order valence-electron chi connectivity index (χ2n) is 4.08. The molecule has 0 radical (unpaired) electrons. The van der Waals surface area contributed by atoms with E-state index >= 15 is 0 Å². The van der Waals surface area contributed by atoms with Crippen LogP contribution in [0.15, 0.2) is 6.07 Å². The molecule has 0 unspecified atom stereocenters. The molecule has 0 amide bonds. The standard InChI is InChI=1S/C12H18F3N3O2/c1-3-5-16-9-7-11(18-10(17-9)8-19-2)20-6-4-12(13,14)15/h7H,3-6,8H2,1-2H3,(H,16,17,18). The lowest BCUT2D eigenvalue weighted by Crippen LogP contribution is -2.14. The van der Waals surface area contributed by atoms with E-state index in [1.807, 2.05) is 6.92 Å². The smallest absolute Gasteiger partial charge is 0.392 e. The van der Waals surface area contributed by atoms with E-state index in [-0.39, 0.29) is 12.5 Å². The largest absolute Gasteiger partial charge is 0.477 e. The number of nitrogens with zero attached hydrogens (tertiary/aromatic N) is 2. The van der Waals surface area contributed by atoms with Crippen LogP contribution in [0.4, 0.5) is 19.0 Å². The predicted octanol–water partition coefficient (Wildman–Crippen LogP) is 2.78. The van der Waals surface area contributed by atoms with Gasteiger partial charge < -0.3 is 14.8 Å². The third-order valence-electron chi connectivity index (χ3n) is 2.21. The fourth-order valence-corrected chi connectivity index (χ4v) is 1.36. The summed E-state index contributed by atoms with van der Waals surface area (Å²) in [5.74, 6) is 0.974. The van der Waals surface area contributed by atoms with Crippen LogP contribution < -0.4 is 10.1 Å². The Kier molecular flexibility index (Phi) is 6.50. The predicted molar refractivity (Wildman–Crippen MR) is 67.7 cm³/mol. The van der Waals surface area contributed by atoms with Crippen LogP contribution in [-0.2, 0) is 11.3 Å². The number of nitrogens with one attached hydrogen (secondary N) is 1. The molecule has 0 fully saturated rings. The molecule has 5 nitrogen and oxygen atoms in total. The average Bonchev–Trinajstić information content (AvgIpc) is 2.35. The zero-order valence-corrected chi connectivity index (χ0v) is 11.5. The Bertz CT molecular complexity index is 413. The lowest BCUT2D eigenvalue weighted by molar-refractivity contribution is -0.139. The minimum absolute atomic E-state index is 0.106. The van der Waals surface area contributed by atoms with Crippen molar-refractivity contribution in [3.05, 3.63) is 11.9 Å². The molecular weight excluding hydrogens is 275 g/mol. The maximum atomic E-state index is 12.1. The molecule has 114 valence electrons. The molecule has 0 bridgehead atoms. The van der Waals surface area contributed by atoms with Gasteiger partial charge in [-0.2, -0.15) is 18.2 Å². The van der Waals surface area contributed by atoms with Gasteiger partial charge in [0.2, 0.25) is 5.88 Å². The van der Waals surface area contributed by atoms with Crippen molar-refractivity contribution in [2.75, 3.05) is 25.6 Å². The SMILES string of the molecule is CCCNc1cc(OCCC(F)(F)F)nc(COC)n1. The molecule has 0 saturated heterocycles. The van der Waals surface area contributed by atoms with Crippen LogP contribution >= 0.6 is 0 Å². The first-order valence-corrected chi connectivity index (χ1v) is 6.25. The Morgan fingerprint density at radius 3 is 2.65 bits per heavy atom. The minimum Gasteiger partial charge on any atom is -0.477 e. The third kappa shape index (κ3) is 6.55. The number of methoxy groups -OCH3 is 1. The number of ether oxygens (including phenoxy) is 2. The summed E-state index contributed by atoms with van der Waals surface area (Å²) < 4.78 is 46.1. The quantitative estimate of drug-likeness (QED) is 0.798. The van der Waals surface area contributed by atoms with Gasteiger partial charge in [0, 0.05) is 19.7 Å². The van der Waals surface area contributed by atoms with Crippen molar-refractivity contribution in [3.63, 3.8) is 0 Å². The Morgan fingerprint density at radius 2 is 2.05 bits per heavy atom. The van der Waals surface area contributed by atoms with E-state index in [1.165, 1.54) is 13.2 Å². The highest BCUT2D eigenvalue weighted by molar-refractivity contribution is 5.38. The van der Waals surface area contributed by atoms with Crippen molar-refractivity contribution >= 4 is 5.82 Å². The number of hydrogen-bond donors (Lipinski definition) is 1. The summed E-state index contributed by atoms with van der Waals surface area (Å²) >= 11 is 0. The van der Waals surface area contributed by atoms with Crippen molar-refractivity contribution < 1.29 is 22.6 Å². The van der Waals surface area contributed by atoms with E-state index < -0.39 is 19.2 Å². The summed E-state index contributed by atoms with van der Waals surface area (Å²) in [6, 6.07) is 1.48. The van der Waals surface area contributed by atoms with Crippen molar-refractivity contribution in [1.82, 2.24) is 9.97 Å². The van der Waals surface area contributed by atoms with Crippen molar-refractivity contribution in [1.29, 1.82) is 0 Å². The summed E-state index contributed by atoms with van der Waals surface area (Å²) in [6.07, 6.45) is -4.37. The molecule has 0 aliphatic carbocycles. The average molecular weight is 293 g/mol. The van der Waals surface area contributed by atoms with E-state index in [2.05, 4.69) is 15.3 Å². The monoisotopic (exact) mass is 293 g/mol. The van der Waals surface area contributed by atoms with Gasteiger partial charge in [-0.3, -0.25) is 0 Å². The van der Waals surface area contributed by atoms with Gasteiger partial charge in [-0.25, -0.2) is 4.98 Å². The van der Waals surface area contributed by atoms with Crippen LogP contribution in [0.2, 0.25) is 0 Å². The van der Waals surface area contributed by atoms with Crippen LogP contribution in [0.5, 0.6) is 5.88 Å². The maximum Gasteiger partial charge on any atom is 0.392 e. The first kappa shape index (κ1) is 16.5. The van der Waals surface area contributed by atoms with E-state index in [4.69, 9.17) is 9.47 Å². The summed E-state index contributed by atoms with van der Waals surface area (Å²) in [4.78, 5) is 8.15. The van der Waals surface area contributed by atoms with Crippen molar-refractivity contribution in [2.24, 2.45) is 0 Å². The van der Waals surface area contributed by atoms with Crippen molar-refractivity contribution in [3.8, 4) is 5.88 Å². The van der Waals surface area contributed by atoms with Gasteiger partial charge in [0.1, 0.15) is 12.4 Å². The van der Waals surface area contributed by atoms with E-state index in [0.717, 1.165) is 6.42 Å². The highest BCUT2D eigenvalue weighted by atomic mass is 19.4. The van der Waals surface area contributed by atoms with Crippen LogP contribution in [0, 0.1) is 0 Å². The second kappa shape index (κ2) is 7.88. The molecular formula is C12H18F3N3O2. The Morgan fingerprint density at radius 1 is 1.30 bits per heavy atom. The summed E-state index contributed by atoms with van der Waals surface area (Å²) in [5, 5.41) is 3.03. The molecule has 8 heteroatoms. The molecule has 0 atom stereocenters. The summed E-state index contributed by atoms with van der Waals surface area (Å²) in [5.41, 5.74) is 0. The van der Waals surface area contributed by atoms with Gasteiger partial charge in [-0.1, -0.05) is 6.92 Å². The number of hydrogen-bond acceptors (Lipinski definition) is 5. The lowest BCUT2D eigenvalue weighted by atomic mass is 10.4. The van der Waals surface area contributed by atoms with E-state index in [9.17, 15) is 13.2 Å². The molecule has 1 rings (SSSR count). The Labute approximate surface area is 115 Å². The van der Waals surface area contributed by atoms with Crippen molar-refractivity contribution in [2.45, 2.75) is 32.5 Å². The zero-order valence-electron chi connectivity index (χ0n) is 11.5. The molecule has 0 aliphatic heterocycles. The molecule has 1 heterocycles. The highest BCUT2D eigenvalue weighted by Gasteiger charge is 2.27. The van der Waals surface area contributed by atoms with E-state index in [0.29, 0.717) is 18.2 Å². The Balaban J connectivity index is 2.69. The van der Waals surface area contributed by atoms with E-state index in [1.54, 1.807) is 0 Å². The number of alkyl halides is 3. The maximum absolute atomic E-state index is 12.1. The van der Waals surface area contributed by atoms with Crippen LogP contribution in [0.1, 0.15) is 25.6 Å². The Hall–Kier alpha value is -1.57. The lowest BCUT2D eigenvalue weighted by Gasteiger charge is -2.11. The van der Waals surface area contributed by atoms with Gasteiger partial charge in [-0.15, -0.1) is 0 Å². The second-order valence-corrected chi connectivity index (χ2v) is 4.08. The first-order chi connectivity index (χ1) is 9.44. The summed E-state index contributed by atoms with van der Waals surface area (Å²) in [7, 11) is 1.49. The van der Waals surface area contributed by atoms with Gasteiger partial charge in [0.05, 0.1) is 13.0 Å². The highest BCUT2D eigenvalue weighted by Crippen LogP contribution is 2.20. The molecule has 0 aromatic carbocycles. The zero-order chi connectivity index (χ0) is 15.0. The molecule has 0 saturated carbocycles. The molecule has 1 aromatic heterocycles. The topological polar surface area (TPSA) is 56.3 Å². The number of aromatic nitrogens is 2. The van der Waals surface area contributed by atoms with Gasteiger partial charge in [0.15, 0.2) is 5.82 Å². The normalized spacial score (nSPS) is 11.4. The van der Waals surface area contributed by atoms with Gasteiger partial charge in [-0.05, 0) is 6.42 Å². The fourth-order valence-electron chi connectivity index (χ4n) is 1.36. The molecule has 0 aliphatic rings. The number of rotatable bonds is 8. The molecule has 1 N–H and O–H groups in total. The molecule has 0 spiro atoms. The first-order valence-electron chi connectivity index (χ1n) is 6.25. The summed E-state index contributed by atoms with van der Waals surface area (Å²) in [6.45, 7) is 2.38. The van der Waals surface area contributed by atoms with Gasteiger partial charge >= 0.3 is 6.18 Å². The van der Waals surface area contributed by atoms with Gasteiger partial charge in [0.25, 0.3) is 0 Å². The third-order valence-corrected chi connectivity index (χ3v) is 2.21. The number of halogens is 3. The molecule has 20 heavy (non-hydrogen) atoms. The minimum atomic E-state index is -4.24.